The Balaban J connectivity index is 1.32. The molecule has 3 heterocycles. The van der Waals surface area contributed by atoms with Gasteiger partial charge >= 0.3 is 0 Å². The van der Waals surface area contributed by atoms with E-state index in [9.17, 15) is 23.5 Å². The summed E-state index contributed by atoms with van der Waals surface area (Å²) in [6, 6.07) is 7.10. The molecule has 0 amide bonds. The van der Waals surface area contributed by atoms with E-state index in [2.05, 4.69) is 20.1 Å². The van der Waals surface area contributed by atoms with Crippen molar-refractivity contribution in [3.8, 4) is 16.3 Å². The first-order chi connectivity index (χ1) is 20.3. The molecule has 43 heavy (non-hydrogen) atoms. The maximum atomic E-state index is 14.3. The fourth-order valence-corrected chi connectivity index (χ4v) is 7.40. The summed E-state index contributed by atoms with van der Waals surface area (Å²) in [6.45, 7) is 6.97. The molecule has 8 nitrogen and oxygen atoms in total. The fourth-order valence-electron chi connectivity index (χ4n) is 6.59. The van der Waals surface area contributed by atoms with Gasteiger partial charge in [0.15, 0.2) is 15.8 Å². The summed E-state index contributed by atoms with van der Waals surface area (Å²) in [6.07, 6.45) is 5.39. The first-order valence-electron chi connectivity index (χ1n) is 14.6. The quantitative estimate of drug-likeness (QED) is 0.272. The number of likely N-dealkylation sites (tertiary alicyclic amines) is 1. The molecule has 1 N–H and O–H groups in total. The zero-order valence-electron chi connectivity index (χ0n) is 25.0. The molecule has 2 fully saturated rings. The number of benzene rings is 1. The normalized spacial score (nSPS) is 22.2. The van der Waals surface area contributed by atoms with Crippen molar-refractivity contribution >= 4 is 22.9 Å². The second-order valence-corrected chi connectivity index (χ2v) is 14.1. The summed E-state index contributed by atoms with van der Waals surface area (Å²) in [7, 11) is 1.58. The molecule has 1 aliphatic carbocycles. The van der Waals surface area contributed by atoms with Gasteiger partial charge in [0, 0.05) is 67.1 Å². The van der Waals surface area contributed by atoms with Crippen LogP contribution in [0, 0.1) is 17.0 Å². The summed E-state index contributed by atoms with van der Waals surface area (Å²) >= 11 is 0.966. The van der Waals surface area contributed by atoms with E-state index < -0.39 is 28.1 Å². The lowest BCUT2D eigenvalue weighted by atomic mass is 9.68. The van der Waals surface area contributed by atoms with E-state index in [4.69, 9.17) is 4.74 Å². The Labute approximate surface area is 254 Å². The number of ether oxygens (including phenoxy) is 1. The number of aromatic nitrogens is 3. The number of hydrogen-bond acceptors (Lipinski definition) is 9. The van der Waals surface area contributed by atoms with Crippen LogP contribution in [0.1, 0.15) is 81.2 Å². The first kappa shape index (κ1) is 31.3. The van der Waals surface area contributed by atoms with E-state index in [0.717, 1.165) is 36.3 Å². The zero-order valence-corrected chi connectivity index (χ0v) is 25.8. The minimum absolute atomic E-state index is 0.0306. The van der Waals surface area contributed by atoms with E-state index in [-0.39, 0.29) is 46.4 Å². The van der Waals surface area contributed by atoms with E-state index in [1.807, 2.05) is 26.8 Å². The smallest absolute Gasteiger partial charge is 0.194 e. The average Bonchev–Trinajstić information content (AvgIpc) is 3.41. The van der Waals surface area contributed by atoms with E-state index in [1.165, 1.54) is 6.07 Å². The Kier molecular flexibility index (Phi) is 8.79. The highest BCUT2D eigenvalue weighted by Gasteiger charge is 2.49. The van der Waals surface area contributed by atoms with Crippen LogP contribution in [-0.4, -0.2) is 68.6 Å². The molecule has 3 aromatic rings. The van der Waals surface area contributed by atoms with Crippen LogP contribution in [-0.2, 0) is 10.2 Å². The number of hydrogen-bond donors (Lipinski definition) is 1. The zero-order chi connectivity index (χ0) is 31.0. The largest absolute Gasteiger partial charge is 0.495 e. The van der Waals surface area contributed by atoms with Crippen molar-refractivity contribution in [1.82, 2.24) is 20.1 Å². The molecule has 1 aliphatic heterocycles. The summed E-state index contributed by atoms with van der Waals surface area (Å²) in [5.74, 6) is -1.07. The highest BCUT2D eigenvalue weighted by molar-refractivity contribution is 7.16. The van der Waals surface area contributed by atoms with Crippen molar-refractivity contribution in [3.05, 3.63) is 58.9 Å². The molecule has 1 saturated heterocycles. The third-order valence-corrected chi connectivity index (χ3v) is 9.83. The predicted octanol–water partition coefficient (Wildman–Crippen LogP) is 5.78. The SMILES string of the molecule is COc1cccnc1C(C)(C)CC(=O)CC1(CC(=O)c2nnc(-c3ccc(F)cc3F)s2)CN(C2CCC(C)(O)CC2)C1. The highest BCUT2D eigenvalue weighted by atomic mass is 32.1. The molecule has 5 rings (SSSR count). The molecule has 11 heteroatoms. The summed E-state index contributed by atoms with van der Waals surface area (Å²) in [5, 5.41) is 18.8. The Morgan fingerprint density at radius 3 is 2.53 bits per heavy atom. The summed E-state index contributed by atoms with van der Waals surface area (Å²) in [5.41, 5.74) is -1.03. The van der Waals surface area contributed by atoms with Crippen LogP contribution in [0.3, 0.4) is 0 Å². The molecule has 0 radical (unpaired) electrons. The van der Waals surface area contributed by atoms with Gasteiger partial charge in [-0.1, -0.05) is 25.2 Å². The first-order valence-corrected chi connectivity index (χ1v) is 15.4. The van der Waals surface area contributed by atoms with Crippen LogP contribution in [0.25, 0.3) is 10.6 Å². The monoisotopic (exact) mass is 612 g/mol. The Bertz CT molecular complexity index is 1490. The van der Waals surface area contributed by atoms with Gasteiger partial charge in [-0.25, -0.2) is 8.78 Å². The van der Waals surface area contributed by atoms with Gasteiger partial charge in [-0.2, -0.15) is 0 Å². The maximum absolute atomic E-state index is 14.3. The highest BCUT2D eigenvalue weighted by Crippen LogP contribution is 2.45. The number of carbonyl (C=O) groups excluding carboxylic acids is 2. The number of Topliss-reactive ketones (excluding diaryl/α,β-unsaturated/α-hetero) is 2. The molecule has 0 bridgehead atoms. The van der Waals surface area contributed by atoms with Crippen molar-refractivity contribution < 1.29 is 28.2 Å². The van der Waals surface area contributed by atoms with Crippen LogP contribution in [0.15, 0.2) is 36.5 Å². The second kappa shape index (κ2) is 12.1. The summed E-state index contributed by atoms with van der Waals surface area (Å²) < 4.78 is 33.2. The van der Waals surface area contributed by atoms with E-state index in [0.29, 0.717) is 43.4 Å². The number of nitrogens with zero attached hydrogens (tertiary/aromatic N) is 4. The minimum Gasteiger partial charge on any atom is -0.495 e. The predicted molar refractivity (Wildman–Crippen MR) is 159 cm³/mol. The molecule has 1 aromatic carbocycles. The number of rotatable bonds is 11. The number of ketones is 2. The van der Waals surface area contributed by atoms with Gasteiger partial charge in [-0.3, -0.25) is 19.5 Å². The van der Waals surface area contributed by atoms with Crippen LogP contribution in [0.5, 0.6) is 5.75 Å². The van der Waals surface area contributed by atoms with Crippen LogP contribution in [0.2, 0.25) is 0 Å². The van der Waals surface area contributed by atoms with Crippen molar-refractivity contribution in [2.75, 3.05) is 20.2 Å². The Hall–Kier alpha value is -3.15. The van der Waals surface area contributed by atoms with Crippen LogP contribution in [0.4, 0.5) is 8.78 Å². The lowest BCUT2D eigenvalue weighted by molar-refractivity contribution is -0.128. The van der Waals surface area contributed by atoms with Gasteiger partial charge < -0.3 is 9.84 Å². The van der Waals surface area contributed by atoms with E-state index >= 15 is 0 Å². The second-order valence-electron chi connectivity index (χ2n) is 13.1. The average molecular weight is 613 g/mol. The van der Waals surface area contributed by atoms with Crippen LogP contribution < -0.4 is 4.74 Å². The summed E-state index contributed by atoms with van der Waals surface area (Å²) in [4.78, 5) is 34.0. The molecule has 230 valence electrons. The maximum Gasteiger partial charge on any atom is 0.194 e. The number of pyridine rings is 1. The van der Waals surface area contributed by atoms with Crippen molar-refractivity contribution in [2.45, 2.75) is 82.8 Å². The van der Waals surface area contributed by atoms with Crippen molar-refractivity contribution in [2.24, 2.45) is 5.41 Å². The van der Waals surface area contributed by atoms with Gasteiger partial charge in [0.2, 0.25) is 0 Å². The number of aliphatic hydroxyl groups is 1. The van der Waals surface area contributed by atoms with Crippen molar-refractivity contribution in [3.63, 3.8) is 0 Å². The lowest BCUT2D eigenvalue weighted by Crippen LogP contribution is -2.62. The van der Waals surface area contributed by atoms with Crippen LogP contribution >= 0.6 is 11.3 Å². The molecular weight excluding hydrogens is 574 g/mol. The van der Waals surface area contributed by atoms with Crippen molar-refractivity contribution in [1.29, 1.82) is 0 Å². The van der Waals surface area contributed by atoms with Gasteiger partial charge in [-0.05, 0) is 56.9 Å². The fraction of sp³-hybridized carbons (Fsp3) is 0.531. The minimum atomic E-state index is -0.773. The van der Waals surface area contributed by atoms with Gasteiger partial charge in [0.05, 0.1) is 18.4 Å². The molecule has 2 aliphatic rings. The molecule has 0 atom stereocenters. The molecule has 1 saturated carbocycles. The van der Waals surface area contributed by atoms with Gasteiger partial charge in [-0.15, -0.1) is 10.2 Å². The molecule has 2 aromatic heterocycles. The number of halogens is 2. The van der Waals surface area contributed by atoms with E-state index in [1.54, 1.807) is 19.4 Å². The van der Waals surface area contributed by atoms with Gasteiger partial charge in [0.25, 0.3) is 0 Å². The third-order valence-electron chi connectivity index (χ3n) is 8.83. The standard InChI is InChI=1S/C32H38F2N4O4S/c1-30(2,27-26(42-4)6-5-13-35-27)15-22(39)16-32(18-38(19-32)21-9-11-31(3,41)12-10-21)17-25(40)29-37-36-28(43-29)23-8-7-20(33)14-24(23)34/h5-8,13-14,21,41H,9-12,15-19H2,1-4H3. The lowest BCUT2D eigenvalue weighted by Gasteiger charge is -2.54. The number of carbonyl (C=O) groups is 2. The molecule has 0 spiro atoms. The third kappa shape index (κ3) is 6.99. The Morgan fingerprint density at radius 1 is 1.14 bits per heavy atom. The molecular formula is C32H38F2N4O4S. The molecule has 0 unspecified atom stereocenters. The Morgan fingerprint density at radius 2 is 1.86 bits per heavy atom. The van der Waals surface area contributed by atoms with Gasteiger partial charge in [0.1, 0.15) is 23.2 Å². The number of methoxy groups -OCH3 is 1. The topological polar surface area (TPSA) is 106 Å².